The molecule has 4 nitrogen and oxygen atoms in total. The molecule has 0 bridgehead atoms. The van der Waals surface area contributed by atoms with Crippen LogP contribution in [0.5, 0.6) is 0 Å². The van der Waals surface area contributed by atoms with Crippen LogP contribution in [0.1, 0.15) is 55.1 Å². The van der Waals surface area contributed by atoms with Gasteiger partial charge in [0.25, 0.3) is 0 Å². The first-order valence-corrected chi connectivity index (χ1v) is 7.17. The Morgan fingerprint density at radius 1 is 1.53 bits per heavy atom. The van der Waals surface area contributed by atoms with Crippen molar-refractivity contribution in [3.8, 4) is 0 Å². The van der Waals surface area contributed by atoms with Crippen LogP contribution in [0.2, 0.25) is 0 Å². The van der Waals surface area contributed by atoms with Gasteiger partial charge in [-0.3, -0.25) is 0 Å². The molecule has 1 saturated carbocycles. The third kappa shape index (κ3) is 4.10. The second-order valence-corrected chi connectivity index (χ2v) is 5.68. The van der Waals surface area contributed by atoms with Crippen molar-refractivity contribution in [3.63, 3.8) is 0 Å². The lowest BCUT2D eigenvalue weighted by atomic mass is 9.81. The van der Waals surface area contributed by atoms with Gasteiger partial charge in [-0.25, -0.2) is 4.79 Å². The SMILES string of the molecule is CC1CCCC(CCNCc2ccoc2C(=O)O)C1. The second-order valence-electron chi connectivity index (χ2n) is 5.68. The summed E-state index contributed by atoms with van der Waals surface area (Å²) in [6, 6.07) is 1.72. The molecule has 1 aromatic heterocycles. The minimum atomic E-state index is -0.997. The molecule has 1 heterocycles. The van der Waals surface area contributed by atoms with Crippen molar-refractivity contribution < 1.29 is 14.3 Å². The van der Waals surface area contributed by atoms with Crippen molar-refractivity contribution >= 4 is 5.97 Å². The van der Waals surface area contributed by atoms with E-state index in [9.17, 15) is 4.79 Å². The van der Waals surface area contributed by atoms with E-state index in [1.165, 1.54) is 38.4 Å². The molecule has 0 saturated heterocycles. The number of rotatable bonds is 6. The number of nitrogens with one attached hydrogen (secondary N) is 1. The number of hydrogen-bond donors (Lipinski definition) is 2. The van der Waals surface area contributed by atoms with E-state index in [0.717, 1.165) is 23.9 Å². The van der Waals surface area contributed by atoms with Gasteiger partial charge in [-0.2, -0.15) is 0 Å². The van der Waals surface area contributed by atoms with Gasteiger partial charge in [0.1, 0.15) is 0 Å². The van der Waals surface area contributed by atoms with E-state index in [-0.39, 0.29) is 5.76 Å². The smallest absolute Gasteiger partial charge is 0.372 e. The van der Waals surface area contributed by atoms with E-state index in [1.54, 1.807) is 6.07 Å². The molecule has 4 heteroatoms. The van der Waals surface area contributed by atoms with Crippen molar-refractivity contribution in [2.45, 2.75) is 45.6 Å². The largest absolute Gasteiger partial charge is 0.475 e. The van der Waals surface area contributed by atoms with Crippen LogP contribution in [0.25, 0.3) is 0 Å². The molecule has 2 rings (SSSR count). The molecule has 0 aliphatic heterocycles. The maximum absolute atomic E-state index is 10.9. The van der Waals surface area contributed by atoms with E-state index in [2.05, 4.69) is 12.2 Å². The van der Waals surface area contributed by atoms with Gasteiger partial charge in [-0.1, -0.05) is 26.2 Å². The summed E-state index contributed by atoms with van der Waals surface area (Å²) in [6.45, 7) is 3.85. The molecule has 2 unspecified atom stereocenters. The zero-order valence-corrected chi connectivity index (χ0v) is 11.5. The molecular weight excluding hydrogens is 242 g/mol. The number of carboxylic acids is 1. The van der Waals surface area contributed by atoms with Crippen molar-refractivity contribution in [3.05, 3.63) is 23.7 Å². The number of furan rings is 1. The van der Waals surface area contributed by atoms with E-state index >= 15 is 0 Å². The molecule has 0 spiro atoms. The van der Waals surface area contributed by atoms with Gasteiger partial charge in [0, 0.05) is 12.1 Å². The van der Waals surface area contributed by atoms with Gasteiger partial charge in [0.05, 0.1) is 6.26 Å². The Bertz CT molecular complexity index is 413. The summed E-state index contributed by atoms with van der Waals surface area (Å²) in [6.07, 6.45) is 8.04. The summed E-state index contributed by atoms with van der Waals surface area (Å²) in [5.41, 5.74) is 0.726. The fraction of sp³-hybridized carbons (Fsp3) is 0.667. The van der Waals surface area contributed by atoms with Crippen molar-refractivity contribution in [1.82, 2.24) is 5.32 Å². The maximum atomic E-state index is 10.9. The molecule has 19 heavy (non-hydrogen) atoms. The van der Waals surface area contributed by atoms with Gasteiger partial charge in [-0.15, -0.1) is 0 Å². The third-order valence-corrected chi connectivity index (χ3v) is 4.03. The first-order chi connectivity index (χ1) is 9.16. The Balaban J connectivity index is 1.69. The van der Waals surface area contributed by atoms with Crippen molar-refractivity contribution in [1.29, 1.82) is 0 Å². The average Bonchev–Trinajstić information content (AvgIpc) is 2.83. The number of carbonyl (C=O) groups is 1. The molecule has 0 amide bonds. The number of hydrogen-bond acceptors (Lipinski definition) is 3. The Kier molecular flexibility index (Phi) is 5.02. The minimum absolute atomic E-state index is 0.0544. The van der Waals surface area contributed by atoms with Crippen molar-refractivity contribution in [2.24, 2.45) is 11.8 Å². The van der Waals surface area contributed by atoms with Crippen LogP contribution in [0.15, 0.2) is 16.7 Å². The normalized spacial score (nSPS) is 23.4. The summed E-state index contributed by atoms with van der Waals surface area (Å²) in [4.78, 5) is 10.9. The topological polar surface area (TPSA) is 62.5 Å². The number of aromatic carboxylic acids is 1. The van der Waals surface area contributed by atoms with E-state index in [4.69, 9.17) is 9.52 Å². The van der Waals surface area contributed by atoms with Crippen LogP contribution in [0.4, 0.5) is 0 Å². The zero-order chi connectivity index (χ0) is 13.7. The van der Waals surface area contributed by atoms with Gasteiger partial charge >= 0.3 is 5.97 Å². The summed E-state index contributed by atoms with van der Waals surface area (Å²) < 4.78 is 4.95. The monoisotopic (exact) mass is 265 g/mol. The Labute approximate surface area is 114 Å². The maximum Gasteiger partial charge on any atom is 0.372 e. The van der Waals surface area contributed by atoms with Crippen LogP contribution in [-0.2, 0) is 6.54 Å². The van der Waals surface area contributed by atoms with Gasteiger partial charge in [-0.05, 0) is 37.3 Å². The van der Waals surface area contributed by atoms with E-state index < -0.39 is 5.97 Å². The zero-order valence-electron chi connectivity index (χ0n) is 11.5. The Hall–Kier alpha value is -1.29. The van der Waals surface area contributed by atoms with E-state index in [1.807, 2.05) is 0 Å². The van der Waals surface area contributed by atoms with E-state index in [0.29, 0.717) is 6.54 Å². The lowest BCUT2D eigenvalue weighted by Gasteiger charge is -2.26. The van der Waals surface area contributed by atoms with Crippen LogP contribution in [0, 0.1) is 11.8 Å². The average molecular weight is 265 g/mol. The predicted octanol–water partition coefficient (Wildman–Crippen LogP) is 3.28. The highest BCUT2D eigenvalue weighted by atomic mass is 16.4. The minimum Gasteiger partial charge on any atom is -0.475 e. The van der Waals surface area contributed by atoms with Gasteiger partial charge < -0.3 is 14.8 Å². The van der Waals surface area contributed by atoms with Gasteiger partial charge in [0.15, 0.2) is 0 Å². The molecule has 2 N–H and O–H groups in total. The van der Waals surface area contributed by atoms with Crippen LogP contribution < -0.4 is 5.32 Å². The third-order valence-electron chi connectivity index (χ3n) is 4.03. The fourth-order valence-electron chi connectivity index (χ4n) is 3.01. The predicted molar refractivity (Wildman–Crippen MR) is 73.1 cm³/mol. The molecule has 2 atom stereocenters. The molecule has 1 aliphatic carbocycles. The summed E-state index contributed by atoms with van der Waals surface area (Å²) in [7, 11) is 0. The van der Waals surface area contributed by atoms with Crippen LogP contribution in [0.3, 0.4) is 0 Å². The van der Waals surface area contributed by atoms with Crippen LogP contribution in [-0.4, -0.2) is 17.6 Å². The molecule has 1 fully saturated rings. The summed E-state index contributed by atoms with van der Waals surface area (Å²) in [5, 5.41) is 12.2. The highest BCUT2D eigenvalue weighted by molar-refractivity contribution is 5.86. The fourth-order valence-corrected chi connectivity index (χ4v) is 3.01. The standard InChI is InChI=1S/C15H23NO3/c1-11-3-2-4-12(9-11)5-7-16-10-13-6-8-19-14(13)15(17)18/h6,8,11-12,16H,2-5,7,9-10H2,1H3,(H,17,18). The van der Waals surface area contributed by atoms with Crippen molar-refractivity contribution in [2.75, 3.05) is 6.54 Å². The molecule has 1 aliphatic rings. The Morgan fingerprint density at radius 3 is 3.11 bits per heavy atom. The van der Waals surface area contributed by atoms with Gasteiger partial charge in [0.2, 0.25) is 5.76 Å². The first kappa shape index (κ1) is 14.1. The summed E-state index contributed by atoms with van der Waals surface area (Å²) >= 11 is 0. The molecule has 1 aromatic rings. The molecule has 0 radical (unpaired) electrons. The highest BCUT2D eigenvalue weighted by Crippen LogP contribution is 2.30. The molecular formula is C15H23NO3. The molecule has 106 valence electrons. The lowest BCUT2D eigenvalue weighted by molar-refractivity contribution is 0.0660. The number of carboxylic acid groups (broad SMARTS) is 1. The highest BCUT2D eigenvalue weighted by Gasteiger charge is 2.18. The first-order valence-electron chi connectivity index (χ1n) is 7.17. The quantitative estimate of drug-likeness (QED) is 0.775. The summed E-state index contributed by atoms with van der Waals surface area (Å²) in [5.74, 6) is 0.757. The lowest BCUT2D eigenvalue weighted by Crippen LogP contribution is -2.21. The second kappa shape index (κ2) is 6.75. The molecule has 0 aromatic carbocycles. The Morgan fingerprint density at radius 2 is 2.37 bits per heavy atom. The van der Waals surface area contributed by atoms with Crippen LogP contribution >= 0.6 is 0 Å².